The van der Waals surface area contributed by atoms with Crippen LogP contribution in [-0.2, 0) is 16.0 Å². The molecule has 22 heavy (non-hydrogen) atoms. The first kappa shape index (κ1) is 18.2. The molecule has 0 aliphatic rings. The van der Waals surface area contributed by atoms with Gasteiger partial charge in [-0.15, -0.1) is 11.3 Å². The number of hydrogen-bond donors (Lipinski definition) is 3. The first-order chi connectivity index (χ1) is 10.1. The van der Waals surface area contributed by atoms with Crippen molar-refractivity contribution < 1.29 is 19.5 Å². The number of aryl methyl sites for hydroxylation is 1. The highest BCUT2D eigenvalue weighted by Gasteiger charge is 2.27. The molecule has 1 aromatic heterocycles. The molecule has 0 aromatic carbocycles. The predicted molar refractivity (Wildman–Crippen MR) is 86.2 cm³/mol. The number of carboxylic acid groups (broad SMARTS) is 1. The van der Waals surface area contributed by atoms with Crippen LogP contribution in [-0.4, -0.2) is 22.9 Å². The minimum atomic E-state index is -0.948. The van der Waals surface area contributed by atoms with Crippen LogP contribution >= 0.6 is 11.3 Å². The molecule has 0 aliphatic heterocycles. The molecule has 0 saturated heterocycles. The number of nitrogens with one attached hydrogen (secondary N) is 1. The summed E-state index contributed by atoms with van der Waals surface area (Å²) in [4.78, 5) is 35.5. The van der Waals surface area contributed by atoms with Crippen molar-refractivity contribution in [2.45, 2.75) is 47.0 Å². The Morgan fingerprint density at radius 2 is 1.86 bits per heavy atom. The van der Waals surface area contributed by atoms with Crippen LogP contribution in [0.1, 0.15) is 54.4 Å². The normalized spacial score (nSPS) is 11.3. The lowest BCUT2D eigenvalue weighted by Crippen LogP contribution is -2.25. The number of hydrogen-bond acceptors (Lipinski definition) is 4. The molecule has 0 saturated carbocycles. The highest BCUT2D eigenvalue weighted by atomic mass is 32.1. The van der Waals surface area contributed by atoms with Gasteiger partial charge in [0.15, 0.2) is 0 Å². The number of primary amides is 1. The van der Waals surface area contributed by atoms with Gasteiger partial charge in [0, 0.05) is 11.3 Å². The van der Waals surface area contributed by atoms with E-state index in [9.17, 15) is 14.4 Å². The summed E-state index contributed by atoms with van der Waals surface area (Å²) in [6, 6.07) is 0. The summed E-state index contributed by atoms with van der Waals surface area (Å²) in [6.45, 7) is 7.22. The Balaban J connectivity index is 2.94. The Morgan fingerprint density at radius 1 is 1.27 bits per heavy atom. The number of thiophene rings is 1. The first-order valence-electron chi connectivity index (χ1n) is 7.01. The van der Waals surface area contributed by atoms with Crippen LogP contribution in [0.2, 0.25) is 0 Å². The fourth-order valence-corrected chi connectivity index (χ4v) is 3.60. The van der Waals surface area contributed by atoms with Crippen molar-refractivity contribution in [1.29, 1.82) is 0 Å². The second kappa shape index (κ2) is 6.91. The second-order valence-corrected chi connectivity index (χ2v) is 7.24. The summed E-state index contributed by atoms with van der Waals surface area (Å²) >= 11 is 1.31. The Labute approximate surface area is 133 Å². The molecule has 1 aromatic rings. The molecule has 0 unspecified atom stereocenters. The van der Waals surface area contributed by atoms with E-state index in [2.05, 4.69) is 5.32 Å². The molecule has 0 aliphatic carbocycles. The van der Waals surface area contributed by atoms with Crippen LogP contribution in [0, 0.1) is 12.3 Å². The molecule has 0 fully saturated rings. The third kappa shape index (κ3) is 4.56. The van der Waals surface area contributed by atoms with E-state index in [1.54, 1.807) is 13.8 Å². The minimum absolute atomic E-state index is 0.0515. The van der Waals surface area contributed by atoms with Crippen LogP contribution in [0.25, 0.3) is 0 Å². The largest absolute Gasteiger partial charge is 0.481 e. The number of carboxylic acids is 1. The van der Waals surface area contributed by atoms with E-state index in [1.165, 1.54) is 11.3 Å². The van der Waals surface area contributed by atoms with E-state index >= 15 is 0 Å². The molecule has 7 heteroatoms. The Morgan fingerprint density at radius 3 is 2.32 bits per heavy atom. The van der Waals surface area contributed by atoms with Crippen molar-refractivity contribution in [3.63, 3.8) is 0 Å². The highest BCUT2D eigenvalue weighted by Crippen LogP contribution is 2.34. The molecule has 4 N–H and O–H groups in total. The van der Waals surface area contributed by atoms with Gasteiger partial charge in [-0.2, -0.15) is 0 Å². The van der Waals surface area contributed by atoms with Gasteiger partial charge in [-0.3, -0.25) is 14.4 Å². The number of amides is 2. The maximum absolute atomic E-state index is 12.1. The Hall–Kier alpha value is -1.89. The maximum Gasteiger partial charge on any atom is 0.303 e. The van der Waals surface area contributed by atoms with E-state index in [1.807, 2.05) is 13.8 Å². The third-order valence-electron chi connectivity index (χ3n) is 3.33. The monoisotopic (exact) mass is 326 g/mol. The molecule has 122 valence electrons. The fraction of sp³-hybridized carbons (Fsp3) is 0.533. The summed E-state index contributed by atoms with van der Waals surface area (Å²) in [5, 5.41) is 12.0. The number of carbonyl (C=O) groups excluding carboxylic acids is 2. The standard InChI is InChI=1S/C15H22N2O4S/c1-5-9-8(2)22-14(12(9)13(16)21)17-10(18)6-15(3,4)7-11(19)20/h5-7H2,1-4H3,(H2,16,21)(H,17,18)(H,19,20). The molecule has 1 heterocycles. The van der Waals surface area contributed by atoms with Gasteiger partial charge in [0.1, 0.15) is 5.00 Å². The zero-order chi connectivity index (χ0) is 17.1. The van der Waals surface area contributed by atoms with Crippen molar-refractivity contribution >= 4 is 34.1 Å². The molecule has 6 nitrogen and oxygen atoms in total. The van der Waals surface area contributed by atoms with Crippen LogP contribution in [0.15, 0.2) is 0 Å². The first-order valence-corrected chi connectivity index (χ1v) is 7.82. The SMILES string of the molecule is CCc1c(C)sc(NC(=O)CC(C)(C)CC(=O)O)c1C(N)=O. The van der Waals surface area contributed by atoms with Crippen molar-refractivity contribution in [3.05, 3.63) is 16.0 Å². The Kier molecular flexibility index (Phi) is 5.71. The van der Waals surface area contributed by atoms with Gasteiger partial charge in [0.25, 0.3) is 5.91 Å². The van der Waals surface area contributed by atoms with Gasteiger partial charge < -0.3 is 16.2 Å². The third-order valence-corrected chi connectivity index (χ3v) is 4.39. The van der Waals surface area contributed by atoms with E-state index in [0.29, 0.717) is 17.0 Å². The molecule has 0 radical (unpaired) electrons. The van der Waals surface area contributed by atoms with Gasteiger partial charge in [0.05, 0.1) is 12.0 Å². The van der Waals surface area contributed by atoms with Gasteiger partial charge in [-0.25, -0.2) is 0 Å². The zero-order valence-electron chi connectivity index (χ0n) is 13.3. The van der Waals surface area contributed by atoms with Crippen LogP contribution in [0.5, 0.6) is 0 Å². The van der Waals surface area contributed by atoms with Crippen molar-refractivity contribution in [2.75, 3.05) is 5.32 Å². The summed E-state index contributed by atoms with van der Waals surface area (Å²) in [7, 11) is 0. The lowest BCUT2D eigenvalue weighted by Gasteiger charge is -2.21. The summed E-state index contributed by atoms with van der Waals surface area (Å²) in [6.07, 6.45) is 0.601. The van der Waals surface area contributed by atoms with Gasteiger partial charge in [-0.1, -0.05) is 20.8 Å². The van der Waals surface area contributed by atoms with Crippen LogP contribution in [0.4, 0.5) is 5.00 Å². The summed E-state index contributed by atoms with van der Waals surface area (Å²) in [5.74, 6) is -1.84. The van der Waals surface area contributed by atoms with Crippen molar-refractivity contribution in [3.8, 4) is 0 Å². The van der Waals surface area contributed by atoms with E-state index in [0.717, 1.165) is 10.4 Å². The molecule has 0 bridgehead atoms. The van der Waals surface area contributed by atoms with E-state index in [4.69, 9.17) is 10.8 Å². The number of anilines is 1. The van der Waals surface area contributed by atoms with E-state index < -0.39 is 17.3 Å². The fourth-order valence-electron chi connectivity index (χ4n) is 2.43. The molecule has 1 rings (SSSR count). The van der Waals surface area contributed by atoms with Crippen LogP contribution in [0.3, 0.4) is 0 Å². The van der Waals surface area contributed by atoms with Gasteiger partial charge >= 0.3 is 5.97 Å². The molecular weight excluding hydrogens is 304 g/mol. The number of carbonyl (C=O) groups is 3. The topological polar surface area (TPSA) is 109 Å². The lowest BCUT2D eigenvalue weighted by molar-refractivity contribution is -0.139. The lowest BCUT2D eigenvalue weighted by atomic mass is 9.85. The van der Waals surface area contributed by atoms with Gasteiger partial charge in [-0.05, 0) is 24.3 Å². The van der Waals surface area contributed by atoms with Gasteiger partial charge in [0.2, 0.25) is 5.91 Å². The smallest absolute Gasteiger partial charge is 0.303 e. The molecule has 2 amide bonds. The van der Waals surface area contributed by atoms with Crippen molar-refractivity contribution in [1.82, 2.24) is 0 Å². The average molecular weight is 326 g/mol. The molecule has 0 atom stereocenters. The average Bonchev–Trinajstić information content (AvgIpc) is 2.61. The Bertz CT molecular complexity index is 605. The summed E-state index contributed by atoms with van der Waals surface area (Å²) in [5.41, 5.74) is 5.95. The number of rotatable bonds is 7. The van der Waals surface area contributed by atoms with Crippen molar-refractivity contribution in [2.24, 2.45) is 11.1 Å². The molecule has 0 spiro atoms. The summed E-state index contributed by atoms with van der Waals surface area (Å²) < 4.78 is 0. The quantitative estimate of drug-likeness (QED) is 0.715. The van der Waals surface area contributed by atoms with E-state index in [-0.39, 0.29) is 18.7 Å². The minimum Gasteiger partial charge on any atom is -0.481 e. The number of nitrogens with two attached hydrogens (primary N) is 1. The molecular formula is C15H22N2O4S. The highest BCUT2D eigenvalue weighted by molar-refractivity contribution is 7.16. The zero-order valence-corrected chi connectivity index (χ0v) is 14.1. The van der Waals surface area contributed by atoms with Crippen LogP contribution < -0.4 is 11.1 Å². The maximum atomic E-state index is 12.1. The number of aliphatic carboxylic acids is 1. The predicted octanol–water partition coefficient (Wildman–Crippen LogP) is 2.55. The second-order valence-electron chi connectivity index (χ2n) is 6.02.